The summed E-state index contributed by atoms with van der Waals surface area (Å²) in [5.74, 6) is -0.959. The van der Waals surface area contributed by atoms with Crippen LogP contribution in [0.25, 0.3) is 0 Å². The topological polar surface area (TPSA) is 192 Å². The van der Waals surface area contributed by atoms with Crippen molar-refractivity contribution in [3.8, 4) is 0 Å². The molecule has 24 heavy (non-hydrogen) atoms. The van der Waals surface area contributed by atoms with Crippen molar-refractivity contribution >= 4 is 40.4 Å². The average Bonchev–Trinajstić information content (AvgIpc) is 2.87. The Morgan fingerprint density at radius 2 is 1.71 bits per heavy atom. The summed E-state index contributed by atoms with van der Waals surface area (Å²) in [6.45, 7) is -0.640. The second-order valence-electron chi connectivity index (χ2n) is 4.53. The number of amides is 7. The van der Waals surface area contributed by atoms with E-state index in [0.29, 0.717) is 9.80 Å². The predicted molar refractivity (Wildman–Crippen MR) is 70.7 cm³/mol. The summed E-state index contributed by atoms with van der Waals surface area (Å²) in [7, 11) is -4.71. The molecule has 2 aliphatic heterocycles. The molecule has 0 aromatic carbocycles. The maximum atomic E-state index is 11.6. The Labute approximate surface area is 133 Å². The van der Waals surface area contributed by atoms with E-state index in [9.17, 15) is 32.4 Å². The van der Waals surface area contributed by atoms with E-state index < -0.39 is 46.4 Å². The fourth-order valence-corrected chi connectivity index (χ4v) is 2.54. The predicted octanol–water partition coefficient (Wildman–Crippen LogP) is -2.42. The van der Waals surface area contributed by atoms with E-state index in [0.717, 1.165) is 0 Å². The number of hydrogen-bond acceptors (Lipinski definition) is 8. The molecule has 0 spiro atoms. The van der Waals surface area contributed by atoms with Crippen LogP contribution in [-0.4, -0.2) is 79.2 Å². The molecule has 2 fully saturated rings. The molecule has 7 amide bonds. The first kappa shape index (κ1) is 17.3. The summed E-state index contributed by atoms with van der Waals surface area (Å²) in [5.41, 5.74) is 0. The maximum Gasteiger partial charge on any atom is 0.418 e. The number of hydrogen-bond donors (Lipinski definition) is 4. The molecular formula is C9H11N5O9S. The van der Waals surface area contributed by atoms with Gasteiger partial charge in [-0.2, -0.15) is 8.42 Å². The zero-order valence-electron chi connectivity index (χ0n) is 11.7. The molecule has 2 saturated heterocycles. The fraction of sp³-hybridized carbons (Fsp3) is 0.444. The third-order valence-corrected chi connectivity index (χ3v) is 3.81. The summed E-state index contributed by atoms with van der Waals surface area (Å²) in [6.07, 6.45) is -2.53. The zero-order chi connectivity index (χ0) is 18.1. The second kappa shape index (κ2) is 6.19. The van der Waals surface area contributed by atoms with E-state index >= 15 is 0 Å². The van der Waals surface area contributed by atoms with Crippen molar-refractivity contribution in [1.29, 1.82) is 0 Å². The van der Waals surface area contributed by atoms with Gasteiger partial charge in [-0.3, -0.25) is 9.69 Å². The first-order valence-corrected chi connectivity index (χ1v) is 7.72. The van der Waals surface area contributed by atoms with Crippen LogP contribution in [0.3, 0.4) is 0 Å². The van der Waals surface area contributed by atoms with Crippen LogP contribution in [0.1, 0.15) is 0 Å². The van der Waals surface area contributed by atoms with Crippen molar-refractivity contribution in [1.82, 2.24) is 24.6 Å². The Morgan fingerprint density at radius 3 is 2.17 bits per heavy atom. The Morgan fingerprint density at radius 1 is 1.12 bits per heavy atom. The first-order valence-electron chi connectivity index (χ1n) is 6.24. The number of urea groups is 2. The lowest BCUT2D eigenvalue weighted by Crippen LogP contribution is -2.67. The number of nitrogens with zero attached hydrogens (tertiary/aromatic N) is 2. The van der Waals surface area contributed by atoms with E-state index in [1.165, 1.54) is 9.44 Å². The molecule has 0 saturated carbocycles. The molecule has 132 valence electrons. The minimum absolute atomic E-state index is 0.0983. The van der Waals surface area contributed by atoms with Crippen LogP contribution >= 0.6 is 0 Å². The Bertz CT molecular complexity index is 719. The number of rotatable bonds is 3. The largest absolute Gasteiger partial charge is 0.465 e. The van der Waals surface area contributed by atoms with Crippen molar-refractivity contribution in [2.24, 2.45) is 0 Å². The van der Waals surface area contributed by atoms with Crippen LogP contribution in [0.4, 0.5) is 19.2 Å². The molecule has 2 aliphatic rings. The van der Waals surface area contributed by atoms with Crippen LogP contribution < -0.4 is 14.8 Å². The van der Waals surface area contributed by atoms with Gasteiger partial charge >= 0.3 is 34.5 Å². The number of imide groups is 2. The number of nitrogens with one attached hydrogen (secondary N) is 3. The van der Waals surface area contributed by atoms with Gasteiger partial charge in [0.1, 0.15) is 12.6 Å². The van der Waals surface area contributed by atoms with Crippen LogP contribution in [0.15, 0.2) is 0 Å². The van der Waals surface area contributed by atoms with Gasteiger partial charge in [0.15, 0.2) is 0 Å². The highest BCUT2D eigenvalue weighted by molar-refractivity contribution is 7.88. The van der Waals surface area contributed by atoms with Gasteiger partial charge < -0.3 is 15.2 Å². The van der Waals surface area contributed by atoms with Crippen LogP contribution in [-0.2, 0) is 19.7 Å². The van der Waals surface area contributed by atoms with Crippen molar-refractivity contribution in [2.75, 3.05) is 19.7 Å². The fourth-order valence-electron chi connectivity index (χ4n) is 1.81. The lowest BCUT2D eigenvalue weighted by molar-refractivity contribution is -0.138. The van der Waals surface area contributed by atoms with E-state index in [-0.39, 0.29) is 19.7 Å². The Kier molecular flexibility index (Phi) is 4.45. The normalized spacial score (nSPS) is 20.1. The molecule has 2 rings (SSSR count). The van der Waals surface area contributed by atoms with Gasteiger partial charge in [0.25, 0.3) is 5.91 Å². The molecule has 14 nitrogen and oxygen atoms in total. The minimum atomic E-state index is -4.71. The molecule has 0 radical (unpaired) electrons. The van der Waals surface area contributed by atoms with Crippen molar-refractivity contribution < 1.29 is 42.2 Å². The molecule has 0 aromatic rings. The van der Waals surface area contributed by atoms with E-state index in [1.807, 2.05) is 5.32 Å². The summed E-state index contributed by atoms with van der Waals surface area (Å²) in [6, 6.07) is -3.88. The highest BCUT2D eigenvalue weighted by Crippen LogP contribution is 2.10. The Balaban J connectivity index is 1.89. The number of carbonyl (C=O) groups is 5. The molecule has 15 heteroatoms. The SMILES string of the molecule is O=C(O)NC1CN(C(=O)NS(=O)(=O)NC(=O)N2CCOC2=O)C1=O. The molecule has 4 N–H and O–H groups in total. The van der Waals surface area contributed by atoms with E-state index in [4.69, 9.17) is 5.11 Å². The summed E-state index contributed by atoms with van der Waals surface area (Å²) < 4.78 is 30.5. The van der Waals surface area contributed by atoms with Gasteiger partial charge in [-0.05, 0) is 0 Å². The van der Waals surface area contributed by atoms with Gasteiger partial charge in [0.2, 0.25) is 0 Å². The third-order valence-electron chi connectivity index (χ3n) is 2.92. The first-order chi connectivity index (χ1) is 11.1. The van der Waals surface area contributed by atoms with Crippen LogP contribution in [0, 0.1) is 0 Å². The van der Waals surface area contributed by atoms with Gasteiger partial charge in [0, 0.05) is 0 Å². The van der Waals surface area contributed by atoms with Crippen LogP contribution in [0.2, 0.25) is 0 Å². The van der Waals surface area contributed by atoms with Crippen molar-refractivity contribution in [2.45, 2.75) is 6.04 Å². The van der Waals surface area contributed by atoms with Gasteiger partial charge in [0.05, 0.1) is 13.1 Å². The standard InChI is InChI=1S/C9H11N5O9S/c15-5-4(10-8(18)19)3-14(5)7(17)12-24(21,22)11-6(16)13-1-2-23-9(13)20/h4,10H,1-3H2,(H,11,16)(H,12,17)(H,18,19). The summed E-state index contributed by atoms with van der Waals surface area (Å²) in [5, 5.41) is 10.3. The number of β-lactam (4-membered cyclic amide) rings is 1. The quantitative estimate of drug-likeness (QED) is 0.394. The monoisotopic (exact) mass is 365 g/mol. The second-order valence-corrected chi connectivity index (χ2v) is 5.95. The molecule has 1 unspecified atom stereocenters. The highest BCUT2D eigenvalue weighted by Gasteiger charge is 2.43. The molecular weight excluding hydrogens is 354 g/mol. The molecule has 1 atom stereocenters. The smallest absolute Gasteiger partial charge is 0.418 e. The number of cyclic esters (lactones) is 1. The Hall–Kier alpha value is -3.10. The summed E-state index contributed by atoms with van der Waals surface area (Å²) in [4.78, 5) is 57.0. The number of carbonyl (C=O) groups excluding carboxylic acids is 4. The lowest BCUT2D eigenvalue weighted by Gasteiger charge is -2.35. The van der Waals surface area contributed by atoms with Crippen LogP contribution in [0.5, 0.6) is 0 Å². The van der Waals surface area contributed by atoms with Gasteiger partial charge in [-0.15, -0.1) is 0 Å². The lowest BCUT2D eigenvalue weighted by atomic mass is 10.1. The van der Waals surface area contributed by atoms with Crippen molar-refractivity contribution in [3.05, 3.63) is 0 Å². The minimum Gasteiger partial charge on any atom is -0.465 e. The van der Waals surface area contributed by atoms with Crippen molar-refractivity contribution in [3.63, 3.8) is 0 Å². The molecule has 2 heterocycles. The molecule has 0 aromatic heterocycles. The number of likely N-dealkylation sites (tertiary alicyclic amines) is 1. The number of ether oxygens (including phenoxy) is 1. The van der Waals surface area contributed by atoms with Gasteiger partial charge in [-0.25, -0.2) is 33.5 Å². The average molecular weight is 365 g/mol. The maximum absolute atomic E-state index is 11.6. The molecule has 0 bridgehead atoms. The summed E-state index contributed by atoms with van der Waals surface area (Å²) >= 11 is 0. The highest BCUT2D eigenvalue weighted by atomic mass is 32.2. The zero-order valence-corrected chi connectivity index (χ0v) is 12.5. The number of carboxylic acid groups (broad SMARTS) is 1. The third kappa shape index (κ3) is 3.62. The van der Waals surface area contributed by atoms with E-state index in [1.54, 1.807) is 0 Å². The van der Waals surface area contributed by atoms with Gasteiger partial charge in [-0.1, -0.05) is 0 Å². The molecule has 0 aliphatic carbocycles. The van der Waals surface area contributed by atoms with E-state index in [2.05, 4.69) is 4.74 Å².